The predicted molar refractivity (Wildman–Crippen MR) is 89.5 cm³/mol. The Morgan fingerprint density at radius 3 is 2.81 bits per heavy atom. The highest BCUT2D eigenvalue weighted by Gasteiger charge is 2.09. The molecule has 0 atom stereocenters. The Balaban J connectivity index is 1.85. The average Bonchev–Trinajstić information content (AvgIpc) is 2.83. The van der Waals surface area contributed by atoms with E-state index in [1.165, 1.54) is 18.7 Å². The molecule has 0 bridgehead atoms. The molecule has 0 fully saturated rings. The van der Waals surface area contributed by atoms with Crippen LogP contribution < -0.4 is 5.32 Å². The Morgan fingerprint density at radius 2 is 2.10 bits per heavy atom. The summed E-state index contributed by atoms with van der Waals surface area (Å²) in [5.41, 5.74) is 1.69. The molecule has 0 aliphatic carbocycles. The smallest absolute Gasteiger partial charge is 0.221 e. The van der Waals surface area contributed by atoms with E-state index >= 15 is 0 Å². The molecule has 0 radical (unpaired) electrons. The summed E-state index contributed by atoms with van der Waals surface area (Å²) in [6, 6.07) is 13.5. The number of anilines is 1. The first-order chi connectivity index (χ1) is 10.1. The van der Waals surface area contributed by atoms with Crippen molar-refractivity contribution < 1.29 is 4.79 Å². The Labute approximate surface area is 135 Å². The lowest BCUT2D eigenvalue weighted by atomic mass is 10.3. The number of thiazole rings is 1. The maximum atomic E-state index is 11.0. The number of hydrogen-bond donors (Lipinski definition) is 1. The highest BCUT2D eigenvalue weighted by Crippen LogP contribution is 2.38. The van der Waals surface area contributed by atoms with Gasteiger partial charge in [0.05, 0.1) is 15.2 Å². The standard InChI is InChI=1S/C15H11ClN2OS2/c1-9(19)17-10-6-7-13(11(16)8-10)20-15-18-12-4-2-3-5-14(12)21-15/h2-8H,1H3,(H,17,19). The Kier molecular flexibility index (Phi) is 4.14. The van der Waals surface area contributed by atoms with E-state index in [9.17, 15) is 4.79 Å². The first-order valence-electron chi connectivity index (χ1n) is 6.22. The molecule has 1 heterocycles. The Hall–Kier alpha value is -1.56. The zero-order chi connectivity index (χ0) is 14.8. The molecule has 21 heavy (non-hydrogen) atoms. The molecular weight excluding hydrogens is 324 g/mol. The number of carbonyl (C=O) groups is 1. The van der Waals surface area contributed by atoms with Gasteiger partial charge in [-0.15, -0.1) is 11.3 Å². The molecule has 3 nitrogen and oxygen atoms in total. The summed E-state index contributed by atoms with van der Waals surface area (Å²) in [4.78, 5) is 16.5. The minimum Gasteiger partial charge on any atom is -0.326 e. The van der Waals surface area contributed by atoms with E-state index in [1.54, 1.807) is 17.4 Å². The SMILES string of the molecule is CC(=O)Nc1ccc(Sc2nc3ccccc3s2)c(Cl)c1. The highest BCUT2D eigenvalue weighted by molar-refractivity contribution is 8.01. The Bertz CT molecular complexity index is 783. The third kappa shape index (κ3) is 3.37. The zero-order valence-corrected chi connectivity index (χ0v) is 13.5. The first kappa shape index (κ1) is 14.4. The minimum absolute atomic E-state index is 0.113. The molecule has 0 saturated carbocycles. The van der Waals surface area contributed by atoms with E-state index in [4.69, 9.17) is 11.6 Å². The quantitative estimate of drug-likeness (QED) is 0.728. The van der Waals surface area contributed by atoms with Gasteiger partial charge in [-0.25, -0.2) is 4.98 Å². The van der Waals surface area contributed by atoms with Crippen molar-refractivity contribution >= 4 is 56.5 Å². The predicted octanol–water partition coefficient (Wildman–Crippen LogP) is 5.06. The van der Waals surface area contributed by atoms with Crippen LogP contribution in [0, 0.1) is 0 Å². The molecule has 1 amide bonds. The fourth-order valence-electron chi connectivity index (χ4n) is 1.85. The first-order valence-corrected chi connectivity index (χ1v) is 8.23. The molecular formula is C15H11ClN2OS2. The largest absolute Gasteiger partial charge is 0.326 e. The van der Waals surface area contributed by atoms with Gasteiger partial charge in [0, 0.05) is 17.5 Å². The van der Waals surface area contributed by atoms with Crippen molar-refractivity contribution in [2.75, 3.05) is 5.32 Å². The number of nitrogens with one attached hydrogen (secondary N) is 1. The van der Waals surface area contributed by atoms with Crippen LogP contribution in [0.1, 0.15) is 6.92 Å². The van der Waals surface area contributed by atoms with Crippen LogP contribution in [0.25, 0.3) is 10.2 Å². The van der Waals surface area contributed by atoms with Crippen LogP contribution in [-0.2, 0) is 4.79 Å². The molecule has 2 aromatic carbocycles. The number of benzene rings is 2. The lowest BCUT2D eigenvalue weighted by molar-refractivity contribution is -0.114. The summed E-state index contributed by atoms with van der Waals surface area (Å²) >= 11 is 9.44. The van der Waals surface area contributed by atoms with Gasteiger partial charge < -0.3 is 5.32 Å². The van der Waals surface area contributed by atoms with E-state index in [0.717, 1.165) is 19.5 Å². The van der Waals surface area contributed by atoms with Crippen LogP contribution in [0.3, 0.4) is 0 Å². The Morgan fingerprint density at radius 1 is 1.29 bits per heavy atom. The van der Waals surface area contributed by atoms with Gasteiger partial charge in [-0.05, 0) is 30.3 Å². The van der Waals surface area contributed by atoms with Crippen molar-refractivity contribution in [1.82, 2.24) is 4.98 Å². The van der Waals surface area contributed by atoms with Gasteiger partial charge in [-0.1, -0.05) is 35.5 Å². The van der Waals surface area contributed by atoms with Gasteiger partial charge in [0.15, 0.2) is 4.34 Å². The number of fused-ring (bicyclic) bond motifs is 1. The van der Waals surface area contributed by atoms with E-state index < -0.39 is 0 Å². The molecule has 3 aromatic rings. The van der Waals surface area contributed by atoms with Crippen LogP contribution in [0.15, 0.2) is 51.7 Å². The summed E-state index contributed by atoms with van der Waals surface area (Å²) < 4.78 is 2.11. The number of hydrogen-bond acceptors (Lipinski definition) is 4. The number of para-hydroxylation sites is 1. The number of nitrogens with zero attached hydrogens (tertiary/aromatic N) is 1. The van der Waals surface area contributed by atoms with Gasteiger partial charge >= 0.3 is 0 Å². The fourth-order valence-corrected chi connectivity index (χ4v) is 4.18. The molecule has 1 N–H and O–H groups in total. The van der Waals surface area contributed by atoms with Gasteiger partial charge in [-0.3, -0.25) is 4.79 Å². The van der Waals surface area contributed by atoms with Crippen molar-refractivity contribution in [2.45, 2.75) is 16.2 Å². The molecule has 106 valence electrons. The summed E-state index contributed by atoms with van der Waals surface area (Å²) in [5.74, 6) is -0.113. The summed E-state index contributed by atoms with van der Waals surface area (Å²) in [6.45, 7) is 1.47. The molecule has 0 aliphatic heterocycles. The fraction of sp³-hybridized carbons (Fsp3) is 0.0667. The van der Waals surface area contributed by atoms with Gasteiger partial charge in [0.25, 0.3) is 0 Å². The van der Waals surface area contributed by atoms with Crippen LogP contribution in [0.5, 0.6) is 0 Å². The third-order valence-electron chi connectivity index (χ3n) is 2.72. The summed E-state index contributed by atoms with van der Waals surface area (Å²) in [7, 11) is 0. The molecule has 0 aliphatic rings. The van der Waals surface area contributed by atoms with Crippen LogP contribution in [0.4, 0.5) is 5.69 Å². The number of halogens is 1. The monoisotopic (exact) mass is 334 g/mol. The van der Waals surface area contributed by atoms with Gasteiger partial charge in [0.1, 0.15) is 0 Å². The second-order valence-electron chi connectivity index (χ2n) is 4.38. The van der Waals surface area contributed by atoms with Gasteiger partial charge in [-0.2, -0.15) is 0 Å². The van der Waals surface area contributed by atoms with Crippen molar-refractivity contribution in [3.8, 4) is 0 Å². The van der Waals surface area contributed by atoms with Crippen LogP contribution in [-0.4, -0.2) is 10.9 Å². The molecule has 3 rings (SSSR count). The van der Waals surface area contributed by atoms with Crippen molar-refractivity contribution in [3.63, 3.8) is 0 Å². The molecule has 6 heteroatoms. The van der Waals surface area contributed by atoms with Crippen LogP contribution in [0.2, 0.25) is 5.02 Å². The topological polar surface area (TPSA) is 42.0 Å². The number of rotatable bonds is 3. The normalized spacial score (nSPS) is 10.8. The molecule has 0 spiro atoms. The number of amides is 1. The van der Waals surface area contributed by atoms with Crippen molar-refractivity contribution in [3.05, 3.63) is 47.5 Å². The highest BCUT2D eigenvalue weighted by atomic mass is 35.5. The third-order valence-corrected chi connectivity index (χ3v) is 5.32. The van der Waals surface area contributed by atoms with E-state index in [1.807, 2.05) is 30.3 Å². The van der Waals surface area contributed by atoms with E-state index in [-0.39, 0.29) is 5.91 Å². The second kappa shape index (κ2) is 6.05. The maximum Gasteiger partial charge on any atom is 0.221 e. The van der Waals surface area contributed by atoms with E-state index in [2.05, 4.69) is 16.4 Å². The van der Waals surface area contributed by atoms with Crippen LogP contribution >= 0.6 is 34.7 Å². The molecule has 0 saturated heterocycles. The summed E-state index contributed by atoms with van der Waals surface area (Å²) in [5, 5.41) is 3.31. The minimum atomic E-state index is -0.113. The lowest BCUT2D eigenvalue weighted by Crippen LogP contribution is -2.05. The lowest BCUT2D eigenvalue weighted by Gasteiger charge is -2.05. The number of aromatic nitrogens is 1. The van der Waals surface area contributed by atoms with Gasteiger partial charge in [0.2, 0.25) is 5.91 Å². The zero-order valence-electron chi connectivity index (χ0n) is 11.1. The summed E-state index contributed by atoms with van der Waals surface area (Å²) in [6.07, 6.45) is 0. The molecule has 1 aromatic heterocycles. The van der Waals surface area contributed by atoms with E-state index in [0.29, 0.717) is 10.7 Å². The second-order valence-corrected chi connectivity index (χ2v) is 7.10. The molecule has 0 unspecified atom stereocenters. The van der Waals surface area contributed by atoms with Crippen molar-refractivity contribution in [2.24, 2.45) is 0 Å². The maximum absolute atomic E-state index is 11.0. The van der Waals surface area contributed by atoms with Crippen molar-refractivity contribution in [1.29, 1.82) is 0 Å². The average molecular weight is 335 g/mol. The number of carbonyl (C=O) groups excluding carboxylic acids is 1.